The molecule has 1 aromatic carbocycles. The van der Waals surface area contributed by atoms with Crippen molar-refractivity contribution in [2.24, 2.45) is 0 Å². The first-order valence-corrected chi connectivity index (χ1v) is 20.8. The van der Waals surface area contributed by atoms with Crippen molar-refractivity contribution in [3.8, 4) is 11.8 Å². The quantitative estimate of drug-likeness (QED) is 0.0706. The third-order valence-corrected chi connectivity index (χ3v) is 21.7. The van der Waals surface area contributed by atoms with E-state index in [0.29, 0.717) is 6.61 Å². The van der Waals surface area contributed by atoms with E-state index in [1.165, 1.54) is 0 Å². The Kier molecular flexibility index (Phi) is 16.2. The minimum absolute atomic E-state index is 0.206. The van der Waals surface area contributed by atoms with E-state index in [2.05, 4.69) is 32.6 Å². The Balaban J connectivity index is 3.65. The normalized spacial score (nSPS) is 12.0. The number of hydrogen-bond donors (Lipinski definition) is 0. The van der Waals surface area contributed by atoms with Gasteiger partial charge in [0.25, 0.3) is 0 Å². The summed E-state index contributed by atoms with van der Waals surface area (Å²) in [6.45, 7) is 10.9. The average Bonchev–Trinajstić information content (AvgIpc) is 2.87. The molecule has 1 aromatic rings. The van der Waals surface area contributed by atoms with Crippen LogP contribution >= 0.6 is 0 Å². The summed E-state index contributed by atoms with van der Waals surface area (Å²) in [6, 6.07) is 9.55. The van der Waals surface area contributed by atoms with Gasteiger partial charge in [-0.25, -0.2) is 0 Å². The second-order valence-corrected chi connectivity index (χ2v) is 21.9. The fourth-order valence-electron chi connectivity index (χ4n) is 4.19. The molecule has 0 saturated carbocycles. The fraction of sp³-hybridized carbons (Fsp3) is 0.533. The molecule has 0 unspecified atom stereocenters. The Bertz CT molecular complexity index is 868. The molecule has 1 rings (SSSR count). The van der Waals surface area contributed by atoms with Crippen LogP contribution in [0, 0.1) is 11.8 Å². The van der Waals surface area contributed by atoms with Crippen molar-refractivity contribution in [2.75, 3.05) is 13.2 Å². The van der Waals surface area contributed by atoms with Gasteiger partial charge in [-0.1, -0.05) is 0 Å². The molecule has 35 heavy (non-hydrogen) atoms. The van der Waals surface area contributed by atoms with Crippen molar-refractivity contribution in [2.45, 2.75) is 86.5 Å². The van der Waals surface area contributed by atoms with Gasteiger partial charge in [0, 0.05) is 0 Å². The summed E-state index contributed by atoms with van der Waals surface area (Å²) in [4.78, 5) is 26.1. The van der Waals surface area contributed by atoms with Gasteiger partial charge in [0.1, 0.15) is 0 Å². The summed E-state index contributed by atoms with van der Waals surface area (Å²) in [6.07, 6.45) is 10.3. The number of unbranched alkanes of at least 4 members (excludes halogenated alkanes) is 3. The van der Waals surface area contributed by atoms with Gasteiger partial charge < -0.3 is 0 Å². The van der Waals surface area contributed by atoms with Crippen molar-refractivity contribution in [1.29, 1.82) is 0 Å². The second kappa shape index (κ2) is 18.3. The van der Waals surface area contributed by atoms with Crippen LogP contribution in [0.1, 0.15) is 78.7 Å². The number of hydrogen-bond acceptors (Lipinski definition) is 4. The van der Waals surface area contributed by atoms with Crippen LogP contribution in [-0.4, -0.2) is 43.5 Å². The number of esters is 2. The van der Waals surface area contributed by atoms with E-state index in [-0.39, 0.29) is 18.1 Å². The molecule has 0 aliphatic carbocycles. The molecule has 0 aromatic heterocycles. The first kappa shape index (κ1) is 31.0. The monoisotopic (exact) mass is 588 g/mol. The van der Waals surface area contributed by atoms with Crippen LogP contribution < -0.4 is 0 Å². The van der Waals surface area contributed by atoms with Gasteiger partial charge in [0.2, 0.25) is 0 Å². The van der Waals surface area contributed by atoms with Crippen molar-refractivity contribution in [3.05, 3.63) is 57.2 Å². The Morgan fingerprint density at radius 3 is 1.77 bits per heavy atom. The molecule has 4 nitrogen and oxygen atoms in total. The standard InChI is InChI=1S/C18H17O4.3C4H9.Sn/c1-3-21-17(19)12-8-11-16(18(20)22-4-2)14-13-15-9-6-5-7-10-15;3*1-3-4-2;/h5-11H,3-4H2,1-2H3;3*1,3-4H2,2H3;/b12-8?,16-11-;;;;. The topological polar surface area (TPSA) is 52.6 Å². The van der Waals surface area contributed by atoms with E-state index < -0.39 is 24.3 Å². The number of carbonyl (C=O) groups is 2. The van der Waals surface area contributed by atoms with E-state index >= 15 is 0 Å². The Morgan fingerprint density at radius 2 is 1.29 bits per heavy atom. The van der Waals surface area contributed by atoms with E-state index in [9.17, 15) is 9.59 Å². The van der Waals surface area contributed by atoms with E-state index in [1.807, 2.05) is 43.3 Å². The van der Waals surface area contributed by atoms with Gasteiger partial charge >= 0.3 is 218 Å². The fourth-order valence-corrected chi connectivity index (χ4v) is 20.1. The molecule has 0 spiro atoms. The van der Waals surface area contributed by atoms with Crippen LogP contribution in [0.25, 0.3) is 0 Å². The SMILES string of the molecule is CCC[CH2][Sn]([CH2]CCC)([CH2]CCC)/[C](=C\C=C(\C#Cc1ccccc1)C(=O)OCC)C(=O)OCC. The van der Waals surface area contributed by atoms with Gasteiger partial charge in [-0.2, -0.15) is 0 Å². The van der Waals surface area contributed by atoms with Crippen molar-refractivity contribution in [1.82, 2.24) is 0 Å². The summed E-state index contributed by atoms with van der Waals surface area (Å²) in [5.41, 5.74) is 1.08. The van der Waals surface area contributed by atoms with Crippen LogP contribution in [0.4, 0.5) is 0 Å². The summed E-state index contributed by atoms with van der Waals surface area (Å²) in [7, 11) is 0. The molecule has 0 N–H and O–H groups in total. The minimum atomic E-state index is -3.11. The Morgan fingerprint density at radius 1 is 0.771 bits per heavy atom. The average molecular weight is 587 g/mol. The van der Waals surface area contributed by atoms with E-state index in [0.717, 1.165) is 61.0 Å². The number of carbonyl (C=O) groups excluding carboxylic acids is 2. The zero-order valence-electron chi connectivity index (χ0n) is 22.5. The first-order chi connectivity index (χ1) is 17.0. The molecule has 0 heterocycles. The predicted molar refractivity (Wildman–Crippen MR) is 148 cm³/mol. The molecule has 5 heteroatoms. The molecule has 0 saturated heterocycles. The zero-order chi connectivity index (χ0) is 25.9. The molecule has 0 atom stereocenters. The molecule has 0 aliphatic heterocycles. The number of benzene rings is 1. The van der Waals surface area contributed by atoms with Crippen LogP contribution in [0.3, 0.4) is 0 Å². The number of ether oxygens (including phenoxy) is 2. The van der Waals surface area contributed by atoms with Gasteiger partial charge in [0.15, 0.2) is 0 Å². The molecule has 0 radical (unpaired) electrons. The second-order valence-electron chi connectivity index (χ2n) is 8.81. The number of allylic oxidation sites excluding steroid dienone is 2. The molecule has 0 bridgehead atoms. The summed E-state index contributed by atoms with van der Waals surface area (Å²) >= 11 is -3.11. The van der Waals surface area contributed by atoms with Crippen LogP contribution in [-0.2, 0) is 19.1 Å². The van der Waals surface area contributed by atoms with Crippen molar-refractivity contribution < 1.29 is 19.1 Å². The van der Waals surface area contributed by atoms with Crippen molar-refractivity contribution in [3.63, 3.8) is 0 Å². The maximum absolute atomic E-state index is 13.3. The molecule has 0 aliphatic rings. The molecular formula is C30H44O4Sn. The van der Waals surface area contributed by atoms with Crippen molar-refractivity contribution >= 4 is 30.3 Å². The van der Waals surface area contributed by atoms with Gasteiger partial charge in [-0.05, 0) is 0 Å². The van der Waals surface area contributed by atoms with E-state index in [1.54, 1.807) is 13.0 Å². The third-order valence-electron chi connectivity index (χ3n) is 6.12. The Hall–Kier alpha value is -2.00. The first-order valence-electron chi connectivity index (χ1n) is 13.3. The van der Waals surface area contributed by atoms with Gasteiger partial charge in [-0.3, -0.25) is 0 Å². The molecular weight excluding hydrogens is 543 g/mol. The van der Waals surface area contributed by atoms with Crippen LogP contribution in [0.15, 0.2) is 51.6 Å². The third kappa shape index (κ3) is 11.1. The van der Waals surface area contributed by atoms with Crippen LogP contribution in [0.2, 0.25) is 13.3 Å². The van der Waals surface area contributed by atoms with Crippen LogP contribution in [0.5, 0.6) is 0 Å². The zero-order valence-corrected chi connectivity index (χ0v) is 25.3. The molecule has 0 amide bonds. The summed E-state index contributed by atoms with van der Waals surface area (Å²) in [5.74, 6) is 5.38. The van der Waals surface area contributed by atoms with E-state index in [4.69, 9.17) is 9.47 Å². The molecule has 192 valence electrons. The Labute approximate surface area is 217 Å². The molecule has 0 fully saturated rings. The summed E-state index contributed by atoms with van der Waals surface area (Å²) in [5, 5.41) is 0. The van der Waals surface area contributed by atoms with Gasteiger partial charge in [0.05, 0.1) is 0 Å². The predicted octanol–water partition coefficient (Wildman–Crippen LogP) is 7.41. The maximum atomic E-state index is 13.3. The number of rotatable bonds is 15. The summed E-state index contributed by atoms with van der Waals surface area (Å²) < 4.78 is 15.1. The van der Waals surface area contributed by atoms with Gasteiger partial charge in [-0.15, -0.1) is 0 Å².